The van der Waals surface area contributed by atoms with E-state index in [0.717, 1.165) is 5.56 Å². The van der Waals surface area contributed by atoms with Crippen LogP contribution in [0.5, 0.6) is 0 Å². The molecule has 0 aliphatic rings. The van der Waals surface area contributed by atoms with Crippen molar-refractivity contribution < 1.29 is 18.8 Å². The lowest BCUT2D eigenvalue weighted by Crippen LogP contribution is -2.32. The Morgan fingerprint density at radius 1 is 1.18 bits per heavy atom. The highest BCUT2D eigenvalue weighted by Crippen LogP contribution is 2.24. The minimum atomic E-state index is -0.601. The number of aromatic nitrogens is 4. The molecule has 4 aromatic rings. The number of ether oxygens (including phenoxy) is 1. The number of carbonyl (C=O) groups is 2. The first-order chi connectivity index (χ1) is 15.7. The lowest BCUT2D eigenvalue weighted by Gasteiger charge is -2.19. The number of amides is 2. The molecule has 10 heteroatoms. The summed E-state index contributed by atoms with van der Waals surface area (Å²) in [5.74, 6) is 0.276. The Bertz CT molecular complexity index is 1320. The molecule has 1 aromatic carbocycles. The summed E-state index contributed by atoms with van der Waals surface area (Å²) in [6.45, 7) is 7.26. The summed E-state index contributed by atoms with van der Waals surface area (Å²) in [6, 6.07) is 11.0. The van der Waals surface area contributed by atoms with Crippen molar-refractivity contribution in [1.29, 1.82) is 0 Å². The van der Waals surface area contributed by atoms with Crippen molar-refractivity contribution in [3.05, 3.63) is 65.9 Å². The van der Waals surface area contributed by atoms with Crippen LogP contribution in [-0.4, -0.2) is 37.1 Å². The number of rotatable bonds is 5. The quantitative estimate of drug-likeness (QED) is 0.473. The van der Waals surface area contributed by atoms with Gasteiger partial charge in [0.05, 0.1) is 6.20 Å². The Morgan fingerprint density at radius 3 is 2.79 bits per heavy atom. The molecule has 0 saturated heterocycles. The average Bonchev–Trinajstić information content (AvgIpc) is 3.40. The van der Waals surface area contributed by atoms with E-state index in [1.165, 1.54) is 6.20 Å². The summed E-state index contributed by atoms with van der Waals surface area (Å²) in [4.78, 5) is 33.2. The Hall–Kier alpha value is -4.21. The number of anilines is 1. The third kappa shape index (κ3) is 5.17. The molecule has 2 N–H and O–H groups in total. The SMILES string of the molecule is Cc1ccc(-c2noc(CNC(=O)OC(C)(C)C)n2)cc1NC(=O)c1cnc2ccccn12. The number of benzene rings is 1. The van der Waals surface area contributed by atoms with Crippen LogP contribution in [-0.2, 0) is 11.3 Å². The van der Waals surface area contributed by atoms with Gasteiger partial charge in [0, 0.05) is 17.4 Å². The fourth-order valence-electron chi connectivity index (χ4n) is 3.09. The molecule has 0 spiro atoms. The molecule has 2 amide bonds. The molecular formula is C23H24N6O4. The zero-order chi connectivity index (χ0) is 23.6. The zero-order valence-corrected chi connectivity index (χ0v) is 18.7. The van der Waals surface area contributed by atoms with Gasteiger partial charge < -0.3 is 19.9 Å². The van der Waals surface area contributed by atoms with Crippen molar-refractivity contribution in [2.24, 2.45) is 0 Å². The maximum absolute atomic E-state index is 12.9. The van der Waals surface area contributed by atoms with Gasteiger partial charge in [-0.2, -0.15) is 4.98 Å². The van der Waals surface area contributed by atoms with E-state index in [9.17, 15) is 9.59 Å². The summed E-state index contributed by atoms with van der Waals surface area (Å²) in [5.41, 5.74) is 2.65. The Morgan fingerprint density at radius 2 is 2.00 bits per heavy atom. The van der Waals surface area contributed by atoms with Gasteiger partial charge in [0.25, 0.3) is 5.91 Å². The van der Waals surface area contributed by atoms with Gasteiger partial charge in [0.1, 0.15) is 23.5 Å². The minimum absolute atomic E-state index is 0.0334. The van der Waals surface area contributed by atoms with Gasteiger partial charge in [-0.3, -0.25) is 9.20 Å². The van der Waals surface area contributed by atoms with Crippen LogP contribution < -0.4 is 10.6 Å². The fraction of sp³-hybridized carbons (Fsp3) is 0.261. The van der Waals surface area contributed by atoms with Gasteiger partial charge >= 0.3 is 6.09 Å². The molecule has 3 aromatic heterocycles. The van der Waals surface area contributed by atoms with E-state index in [-0.39, 0.29) is 18.3 Å². The molecule has 0 aliphatic carbocycles. The molecular weight excluding hydrogens is 424 g/mol. The molecule has 3 heterocycles. The number of pyridine rings is 1. The molecule has 0 fully saturated rings. The maximum Gasteiger partial charge on any atom is 0.408 e. The van der Waals surface area contributed by atoms with E-state index < -0.39 is 11.7 Å². The molecule has 0 saturated carbocycles. The largest absolute Gasteiger partial charge is 0.444 e. The van der Waals surface area contributed by atoms with Crippen molar-refractivity contribution >= 4 is 23.3 Å². The van der Waals surface area contributed by atoms with Gasteiger partial charge in [-0.05, 0) is 51.5 Å². The van der Waals surface area contributed by atoms with Gasteiger partial charge in [0.2, 0.25) is 11.7 Å². The van der Waals surface area contributed by atoms with E-state index >= 15 is 0 Å². The van der Waals surface area contributed by atoms with Gasteiger partial charge in [0.15, 0.2) is 0 Å². The molecule has 170 valence electrons. The maximum atomic E-state index is 12.9. The molecule has 33 heavy (non-hydrogen) atoms. The highest BCUT2D eigenvalue weighted by molar-refractivity contribution is 6.04. The molecule has 0 unspecified atom stereocenters. The summed E-state index contributed by atoms with van der Waals surface area (Å²) in [6.07, 6.45) is 2.75. The van der Waals surface area contributed by atoms with Crippen LogP contribution in [0.2, 0.25) is 0 Å². The number of hydrogen-bond acceptors (Lipinski definition) is 7. The first kappa shape index (κ1) is 22.0. The Labute approximate surface area is 190 Å². The minimum Gasteiger partial charge on any atom is -0.444 e. The van der Waals surface area contributed by atoms with Crippen LogP contribution in [0.25, 0.3) is 17.0 Å². The first-order valence-corrected chi connectivity index (χ1v) is 10.3. The van der Waals surface area contributed by atoms with Crippen molar-refractivity contribution in [3.8, 4) is 11.4 Å². The predicted molar refractivity (Wildman–Crippen MR) is 121 cm³/mol. The second-order valence-corrected chi connectivity index (χ2v) is 8.42. The lowest BCUT2D eigenvalue weighted by molar-refractivity contribution is 0.0517. The van der Waals surface area contributed by atoms with E-state index in [2.05, 4.69) is 25.8 Å². The fourth-order valence-corrected chi connectivity index (χ4v) is 3.09. The van der Waals surface area contributed by atoms with Crippen LogP contribution >= 0.6 is 0 Å². The third-order valence-electron chi connectivity index (χ3n) is 4.64. The monoisotopic (exact) mass is 448 g/mol. The normalized spacial score (nSPS) is 11.4. The summed E-state index contributed by atoms with van der Waals surface area (Å²) in [7, 11) is 0. The number of imidazole rings is 1. The number of nitrogens with zero attached hydrogens (tertiary/aromatic N) is 4. The van der Waals surface area contributed by atoms with Crippen molar-refractivity contribution in [3.63, 3.8) is 0 Å². The van der Waals surface area contributed by atoms with Gasteiger partial charge in [-0.1, -0.05) is 23.4 Å². The number of carbonyl (C=O) groups excluding carboxylic acids is 2. The van der Waals surface area contributed by atoms with Crippen LogP contribution in [0.1, 0.15) is 42.7 Å². The molecule has 0 aliphatic heterocycles. The van der Waals surface area contributed by atoms with Crippen LogP contribution in [0.4, 0.5) is 10.5 Å². The average molecular weight is 448 g/mol. The Kier molecular flexibility index (Phi) is 5.82. The van der Waals surface area contributed by atoms with E-state index in [0.29, 0.717) is 28.4 Å². The second-order valence-electron chi connectivity index (χ2n) is 8.42. The van der Waals surface area contributed by atoms with Crippen LogP contribution in [0.3, 0.4) is 0 Å². The number of nitrogens with one attached hydrogen (secondary N) is 2. The number of alkyl carbamates (subject to hydrolysis) is 1. The van der Waals surface area contributed by atoms with E-state index in [1.54, 1.807) is 37.4 Å². The smallest absolute Gasteiger partial charge is 0.408 e. The summed E-state index contributed by atoms with van der Waals surface area (Å²) in [5, 5.41) is 9.47. The number of fused-ring (bicyclic) bond motifs is 1. The van der Waals surface area contributed by atoms with Crippen molar-refractivity contribution in [1.82, 2.24) is 24.8 Å². The highest BCUT2D eigenvalue weighted by atomic mass is 16.6. The second kappa shape index (κ2) is 8.73. The van der Waals surface area contributed by atoms with Gasteiger partial charge in [-0.25, -0.2) is 9.78 Å². The van der Waals surface area contributed by atoms with Crippen molar-refractivity contribution in [2.75, 3.05) is 5.32 Å². The summed E-state index contributed by atoms with van der Waals surface area (Å²) < 4.78 is 12.1. The number of hydrogen-bond donors (Lipinski definition) is 2. The molecule has 10 nitrogen and oxygen atoms in total. The standard InChI is InChI=1S/C23H24N6O4/c1-14-8-9-15(20-27-19(33-28-20)13-25-22(31)32-23(2,3)4)11-16(14)26-21(30)17-12-24-18-7-5-6-10-29(17)18/h5-12H,13H2,1-4H3,(H,25,31)(H,26,30). The van der Waals surface area contributed by atoms with E-state index in [4.69, 9.17) is 9.26 Å². The predicted octanol–water partition coefficient (Wildman–Crippen LogP) is 3.97. The summed E-state index contributed by atoms with van der Waals surface area (Å²) >= 11 is 0. The van der Waals surface area contributed by atoms with Crippen LogP contribution in [0, 0.1) is 6.92 Å². The van der Waals surface area contributed by atoms with E-state index in [1.807, 2.05) is 37.3 Å². The number of aryl methyl sites for hydroxylation is 1. The van der Waals surface area contributed by atoms with Crippen LogP contribution in [0.15, 0.2) is 53.3 Å². The Balaban J connectivity index is 1.47. The van der Waals surface area contributed by atoms with Crippen molar-refractivity contribution in [2.45, 2.75) is 39.8 Å². The highest BCUT2D eigenvalue weighted by Gasteiger charge is 2.18. The molecule has 0 atom stereocenters. The first-order valence-electron chi connectivity index (χ1n) is 10.3. The topological polar surface area (TPSA) is 124 Å². The molecule has 0 bridgehead atoms. The van der Waals surface area contributed by atoms with Gasteiger partial charge in [-0.15, -0.1) is 0 Å². The zero-order valence-electron chi connectivity index (χ0n) is 18.7. The third-order valence-corrected chi connectivity index (χ3v) is 4.64. The molecule has 4 rings (SSSR count). The molecule has 0 radical (unpaired) electrons. The lowest BCUT2D eigenvalue weighted by atomic mass is 10.1.